The summed E-state index contributed by atoms with van der Waals surface area (Å²) in [6.45, 7) is 0. The molecule has 0 radical (unpaired) electrons. The second-order valence-electron chi connectivity index (χ2n) is 5.73. The molecule has 120 valence electrons. The van der Waals surface area contributed by atoms with E-state index in [0.29, 0.717) is 6.42 Å². The summed E-state index contributed by atoms with van der Waals surface area (Å²) in [4.78, 5) is 15.3. The van der Waals surface area contributed by atoms with Gasteiger partial charge in [-0.1, -0.05) is 6.07 Å². The zero-order valence-corrected chi connectivity index (χ0v) is 13.1. The van der Waals surface area contributed by atoms with E-state index in [9.17, 15) is 4.79 Å². The maximum absolute atomic E-state index is 12.1. The van der Waals surface area contributed by atoms with Gasteiger partial charge in [-0.15, -0.1) is 10.2 Å². The lowest BCUT2D eigenvalue weighted by Gasteiger charge is -2.05. The van der Waals surface area contributed by atoms with Crippen molar-refractivity contribution in [3.05, 3.63) is 60.7 Å². The van der Waals surface area contributed by atoms with Gasteiger partial charge in [0.1, 0.15) is 5.82 Å². The molecule has 4 rings (SSSR count). The van der Waals surface area contributed by atoms with Crippen molar-refractivity contribution in [3.63, 3.8) is 0 Å². The Hall–Kier alpha value is -3.15. The van der Waals surface area contributed by atoms with Crippen LogP contribution in [-0.4, -0.2) is 25.5 Å². The van der Waals surface area contributed by atoms with Gasteiger partial charge in [-0.2, -0.15) is 0 Å². The number of amides is 1. The van der Waals surface area contributed by atoms with E-state index in [2.05, 4.69) is 20.5 Å². The van der Waals surface area contributed by atoms with Crippen molar-refractivity contribution >= 4 is 28.1 Å². The molecule has 3 heterocycles. The molecule has 0 aliphatic rings. The van der Waals surface area contributed by atoms with Crippen molar-refractivity contribution in [1.29, 1.82) is 0 Å². The molecular formula is C18H17N5O. The molecule has 6 nitrogen and oxygen atoms in total. The second kappa shape index (κ2) is 6.16. The number of aryl methyl sites for hydroxylation is 1. The zero-order chi connectivity index (χ0) is 16.4. The molecular weight excluding hydrogens is 302 g/mol. The predicted molar refractivity (Wildman–Crippen MR) is 92.9 cm³/mol. The molecule has 0 unspecified atom stereocenters. The van der Waals surface area contributed by atoms with Gasteiger partial charge >= 0.3 is 0 Å². The van der Waals surface area contributed by atoms with Crippen LogP contribution in [0.5, 0.6) is 0 Å². The molecule has 0 saturated heterocycles. The van der Waals surface area contributed by atoms with Gasteiger partial charge in [-0.25, -0.2) is 0 Å². The molecule has 4 aromatic rings. The lowest BCUT2D eigenvalue weighted by Crippen LogP contribution is -2.11. The molecule has 0 saturated carbocycles. The first kappa shape index (κ1) is 14.4. The van der Waals surface area contributed by atoms with Crippen molar-refractivity contribution in [2.45, 2.75) is 19.3 Å². The standard InChI is InChI=1S/C18H17N5O/c24-18(20-14-7-8-15-13(12-14)9-10-19-15)6-3-5-17-22-21-16-4-1-2-11-23(16)17/h1-2,4,7-12,19H,3,5-6H2,(H,20,24). The highest BCUT2D eigenvalue weighted by Gasteiger charge is 2.07. The van der Waals surface area contributed by atoms with Crippen LogP contribution in [0, 0.1) is 0 Å². The fraction of sp³-hybridized carbons (Fsp3) is 0.167. The van der Waals surface area contributed by atoms with E-state index in [-0.39, 0.29) is 5.91 Å². The molecule has 0 atom stereocenters. The van der Waals surface area contributed by atoms with Gasteiger partial charge in [0.2, 0.25) is 5.91 Å². The monoisotopic (exact) mass is 319 g/mol. The Morgan fingerprint density at radius 3 is 3.08 bits per heavy atom. The van der Waals surface area contributed by atoms with Gasteiger partial charge in [-0.3, -0.25) is 9.20 Å². The summed E-state index contributed by atoms with van der Waals surface area (Å²) >= 11 is 0. The maximum Gasteiger partial charge on any atom is 0.224 e. The molecule has 0 aliphatic carbocycles. The predicted octanol–water partition coefficient (Wildman–Crippen LogP) is 3.17. The van der Waals surface area contributed by atoms with Gasteiger partial charge < -0.3 is 10.3 Å². The first-order valence-corrected chi connectivity index (χ1v) is 7.95. The van der Waals surface area contributed by atoms with Crippen molar-refractivity contribution in [1.82, 2.24) is 19.6 Å². The number of hydrogen-bond acceptors (Lipinski definition) is 3. The van der Waals surface area contributed by atoms with E-state index >= 15 is 0 Å². The highest BCUT2D eigenvalue weighted by atomic mass is 16.1. The molecule has 1 aromatic carbocycles. The number of H-pyrrole nitrogens is 1. The van der Waals surface area contributed by atoms with Crippen LogP contribution in [0.15, 0.2) is 54.9 Å². The first-order valence-electron chi connectivity index (χ1n) is 7.95. The average molecular weight is 319 g/mol. The topological polar surface area (TPSA) is 75.1 Å². The fourth-order valence-electron chi connectivity index (χ4n) is 2.82. The number of carbonyl (C=O) groups excluding carboxylic acids is 1. The molecule has 0 aliphatic heterocycles. The van der Waals surface area contributed by atoms with Crippen LogP contribution in [0.2, 0.25) is 0 Å². The minimum absolute atomic E-state index is 0.0127. The Kier molecular flexibility index (Phi) is 3.70. The number of hydrogen-bond donors (Lipinski definition) is 2. The third kappa shape index (κ3) is 2.86. The smallest absolute Gasteiger partial charge is 0.224 e. The van der Waals surface area contributed by atoms with Crippen LogP contribution >= 0.6 is 0 Å². The summed E-state index contributed by atoms with van der Waals surface area (Å²) in [6, 6.07) is 13.6. The molecule has 3 aromatic heterocycles. The van der Waals surface area contributed by atoms with Crippen LogP contribution in [0.3, 0.4) is 0 Å². The zero-order valence-electron chi connectivity index (χ0n) is 13.1. The van der Waals surface area contributed by atoms with Crippen molar-refractivity contribution < 1.29 is 4.79 Å². The number of aromatic nitrogens is 4. The Labute approximate surface area is 138 Å². The molecule has 0 spiro atoms. The quantitative estimate of drug-likeness (QED) is 0.593. The summed E-state index contributed by atoms with van der Waals surface area (Å²) in [6.07, 6.45) is 5.73. The SMILES string of the molecule is O=C(CCCc1nnc2ccccn12)Nc1ccc2[nH]ccc2c1. The van der Waals surface area contributed by atoms with Crippen LogP contribution in [0.25, 0.3) is 16.6 Å². The summed E-state index contributed by atoms with van der Waals surface area (Å²) in [5.41, 5.74) is 2.71. The van der Waals surface area contributed by atoms with E-state index in [0.717, 1.165) is 40.9 Å². The Morgan fingerprint density at radius 2 is 2.12 bits per heavy atom. The largest absolute Gasteiger partial charge is 0.361 e. The van der Waals surface area contributed by atoms with E-state index in [4.69, 9.17) is 0 Å². The first-order chi connectivity index (χ1) is 11.8. The van der Waals surface area contributed by atoms with Crippen molar-refractivity contribution in [2.75, 3.05) is 5.32 Å². The maximum atomic E-state index is 12.1. The molecule has 0 bridgehead atoms. The normalized spacial score (nSPS) is 11.2. The Bertz CT molecular complexity index is 1000. The van der Waals surface area contributed by atoms with Gasteiger partial charge in [0, 0.05) is 41.8 Å². The number of carbonyl (C=O) groups is 1. The summed E-state index contributed by atoms with van der Waals surface area (Å²) in [5.74, 6) is 0.894. The molecule has 24 heavy (non-hydrogen) atoms. The van der Waals surface area contributed by atoms with E-state index in [1.807, 2.05) is 59.3 Å². The highest BCUT2D eigenvalue weighted by Crippen LogP contribution is 2.18. The number of nitrogens with one attached hydrogen (secondary N) is 2. The number of pyridine rings is 1. The van der Waals surface area contributed by atoms with Crippen molar-refractivity contribution in [3.8, 4) is 0 Å². The minimum atomic E-state index is 0.0127. The molecule has 1 amide bonds. The van der Waals surface area contributed by atoms with Gasteiger partial charge in [0.25, 0.3) is 0 Å². The summed E-state index contributed by atoms with van der Waals surface area (Å²) in [7, 11) is 0. The van der Waals surface area contributed by atoms with Crippen LogP contribution in [0.4, 0.5) is 5.69 Å². The number of nitrogens with zero attached hydrogens (tertiary/aromatic N) is 3. The van der Waals surface area contributed by atoms with Crippen molar-refractivity contribution in [2.24, 2.45) is 0 Å². The van der Waals surface area contributed by atoms with Crippen LogP contribution < -0.4 is 5.32 Å². The van der Waals surface area contributed by atoms with E-state index in [1.54, 1.807) is 0 Å². The third-order valence-electron chi connectivity index (χ3n) is 4.03. The Morgan fingerprint density at radius 1 is 1.17 bits per heavy atom. The Balaban J connectivity index is 1.34. The number of fused-ring (bicyclic) bond motifs is 2. The number of anilines is 1. The number of rotatable bonds is 5. The summed E-state index contributed by atoms with van der Waals surface area (Å²) < 4.78 is 1.96. The van der Waals surface area contributed by atoms with Crippen LogP contribution in [0.1, 0.15) is 18.7 Å². The lowest BCUT2D eigenvalue weighted by molar-refractivity contribution is -0.116. The van der Waals surface area contributed by atoms with Gasteiger partial charge in [0.15, 0.2) is 5.65 Å². The average Bonchev–Trinajstić information content (AvgIpc) is 3.21. The lowest BCUT2D eigenvalue weighted by atomic mass is 10.2. The highest BCUT2D eigenvalue weighted by molar-refractivity contribution is 5.93. The second-order valence-corrected chi connectivity index (χ2v) is 5.73. The van der Waals surface area contributed by atoms with E-state index < -0.39 is 0 Å². The molecule has 6 heteroatoms. The molecule has 2 N–H and O–H groups in total. The number of aromatic amines is 1. The molecule has 0 fully saturated rings. The van der Waals surface area contributed by atoms with E-state index in [1.165, 1.54) is 0 Å². The summed E-state index contributed by atoms with van der Waals surface area (Å²) in [5, 5.41) is 12.3. The minimum Gasteiger partial charge on any atom is -0.361 e. The number of benzene rings is 1. The van der Waals surface area contributed by atoms with Gasteiger partial charge in [0.05, 0.1) is 0 Å². The third-order valence-corrected chi connectivity index (χ3v) is 4.03. The van der Waals surface area contributed by atoms with Crippen LogP contribution in [-0.2, 0) is 11.2 Å². The fourth-order valence-corrected chi connectivity index (χ4v) is 2.82. The van der Waals surface area contributed by atoms with Gasteiger partial charge in [-0.05, 0) is 42.8 Å².